The zero-order chi connectivity index (χ0) is 64.2. The van der Waals surface area contributed by atoms with Gasteiger partial charge in [0.1, 0.15) is 42.3 Å². The Kier molecular flexibility index (Phi) is 36.2. The summed E-state index contributed by atoms with van der Waals surface area (Å²) >= 11 is 0. The fourth-order valence-corrected chi connectivity index (χ4v) is 8.19. The standard InChI is InChI=1S/C54H92N16O15/c1-6-31(4)44(51(82)65-35(17-10-12-22-55)47(78)67-38(53(84)85)19-14-24-60-54(58)59)70-49(80)37(20-21-43(75)76)64-50(81)39(25-30(2)3)68-48(79)36(18-11-13-23-56)66-52(83)45(32(5)71)69-42(74)29-62-40(72)27-61-41(73)28-63-46(77)34(57)26-33-15-8-7-9-16-33/h7-9,15-16,30-32,34-39,44-45,71H,6,10-14,17-29,55-57H2,1-5H3,(H,61,73)(H,62,72)(H,63,77)(H,64,81)(H,65,82)(H,66,83)(H,67,78)(H,68,79)(H,69,74)(H,70,80)(H,75,76)(H,84,85)(H4,58,59,60)/t31-,32+,34-,35-,36-,37-,38-,39-,44-,45-/m0/s1. The molecular weight excluding hydrogens is 1110 g/mol. The Balaban J connectivity index is 3.24. The van der Waals surface area contributed by atoms with Gasteiger partial charge in [0.15, 0.2) is 5.96 Å². The van der Waals surface area contributed by atoms with E-state index < -0.39 is 164 Å². The molecule has 23 N–H and O–H groups in total. The van der Waals surface area contributed by atoms with Crippen LogP contribution in [-0.2, 0) is 64.0 Å². The summed E-state index contributed by atoms with van der Waals surface area (Å²) in [6, 6.07) is -2.21. The molecule has 0 spiro atoms. The number of nitrogens with zero attached hydrogens (tertiary/aromatic N) is 1. The minimum Gasteiger partial charge on any atom is -0.481 e. The zero-order valence-corrected chi connectivity index (χ0v) is 49.2. The van der Waals surface area contributed by atoms with Crippen LogP contribution in [-0.4, -0.2) is 186 Å². The van der Waals surface area contributed by atoms with Crippen molar-refractivity contribution in [1.82, 2.24) is 53.2 Å². The number of unbranched alkanes of at least 4 members (excludes halogenated alkanes) is 2. The Labute approximate surface area is 494 Å². The second kappa shape index (κ2) is 41.1. The Morgan fingerprint density at radius 1 is 0.529 bits per heavy atom. The molecule has 0 aliphatic heterocycles. The van der Waals surface area contributed by atoms with Gasteiger partial charge in [-0.25, -0.2) is 4.79 Å². The van der Waals surface area contributed by atoms with Crippen molar-refractivity contribution in [3.63, 3.8) is 0 Å². The summed E-state index contributed by atoms with van der Waals surface area (Å²) in [5.41, 5.74) is 28.8. The number of nitrogens with one attached hydrogen (secondary N) is 10. The maximum absolute atomic E-state index is 14.2. The van der Waals surface area contributed by atoms with Crippen molar-refractivity contribution >= 4 is 77.0 Å². The number of aliphatic hydroxyl groups excluding tert-OH is 1. The van der Waals surface area contributed by atoms with E-state index in [9.17, 15) is 72.9 Å². The molecule has 0 saturated heterocycles. The van der Waals surface area contributed by atoms with Crippen molar-refractivity contribution in [1.29, 1.82) is 0 Å². The van der Waals surface area contributed by atoms with Crippen LogP contribution in [0.25, 0.3) is 0 Å². The van der Waals surface area contributed by atoms with Crippen molar-refractivity contribution in [3.8, 4) is 0 Å². The molecule has 10 amide bonds. The van der Waals surface area contributed by atoms with Crippen LogP contribution in [0.3, 0.4) is 0 Å². The van der Waals surface area contributed by atoms with Gasteiger partial charge in [-0.1, -0.05) is 64.4 Å². The maximum Gasteiger partial charge on any atom is 0.326 e. The number of hydrogen-bond donors (Lipinski definition) is 18. The van der Waals surface area contributed by atoms with Gasteiger partial charge < -0.3 is 97.2 Å². The average molecular weight is 1210 g/mol. The van der Waals surface area contributed by atoms with Crippen LogP contribution in [0.1, 0.15) is 117 Å². The first-order valence-electron chi connectivity index (χ1n) is 28.4. The SMILES string of the molecule is CC[C@H](C)[C@H](NC(=O)[C@H](CCC(=O)O)NC(=O)[C@H](CC(C)C)NC(=O)[C@H](CCCCN)NC(=O)[C@@H](NC(=O)CNC(=O)CNC(=O)CNC(=O)[C@@H](N)Cc1ccccc1)[C@@H](C)O)C(=O)N[C@@H](CCCCN)C(=O)N[C@@H](CCCN=C(N)N)C(=O)O. The molecule has 10 atom stereocenters. The van der Waals surface area contributed by atoms with Crippen LogP contribution < -0.4 is 81.8 Å². The molecule has 0 aliphatic carbocycles. The van der Waals surface area contributed by atoms with Crippen molar-refractivity contribution < 1.29 is 72.9 Å². The molecule has 1 aromatic rings. The largest absolute Gasteiger partial charge is 0.481 e. The minimum atomic E-state index is -1.70. The van der Waals surface area contributed by atoms with Gasteiger partial charge in [0.05, 0.1) is 31.8 Å². The highest BCUT2D eigenvalue weighted by Crippen LogP contribution is 2.14. The maximum atomic E-state index is 14.2. The fourth-order valence-electron chi connectivity index (χ4n) is 8.19. The van der Waals surface area contributed by atoms with Gasteiger partial charge in [-0.05, 0) is 108 Å². The predicted molar refractivity (Wildman–Crippen MR) is 311 cm³/mol. The number of carboxylic acids is 2. The normalized spacial score (nSPS) is 14.5. The number of rotatable bonds is 43. The highest BCUT2D eigenvalue weighted by Gasteiger charge is 2.36. The predicted octanol–water partition coefficient (Wildman–Crippen LogP) is -4.97. The lowest BCUT2D eigenvalue weighted by molar-refractivity contribution is -0.142. The van der Waals surface area contributed by atoms with E-state index in [0.29, 0.717) is 25.7 Å². The second-order valence-electron chi connectivity index (χ2n) is 20.9. The fraction of sp³-hybridized carbons (Fsp3) is 0.648. The molecule has 31 nitrogen and oxygen atoms in total. The van der Waals surface area contributed by atoms with E-state index in [4.69, 9.17) is 28.7 Å². The highest BCUT2D eigenvalue weighted by atomic mass is 16.4. The number of guanidine groups is 1. The molecule has 478 valence electrons. The van der Waals surface area contributed by atoms with Gasteiger partial charge in [0.2, 0.25) is 59.1 Å². The van der Waals surface area contributed by atoms with Crippen molar-refractivity contribution in [2.24, 2.45) is 45.5 Å². The number of carbonyl (C=O) groups excluding carboxylic acids is 10. The van der Waals surface area contributed by atoms with Crippen LogP contribution in [0.15, 0.2) is 35.3 Å². The van der Waals surface area contributed by atoms with E-state index in [0.717, 1.165) is 5.56 Å². The number of carboxylic acid groups (broad SMARTS) is 2. The van der Waals surface area contributed by atoms with Gasteiger partial charge in [-0.2, -0.15) is 0 Å². The number of aliphatic imine (C=N–C) groups is 1. The van der Waals surface area contributed by atoms with Crippen LogP contribution >= 0.6 is 0 Å². The molecule has 0 radical (unpaired) electrons. The lowest BCUT2D eigenvalue weighted by Gasteiger charge is -2.30. The molecule has 0 bridgehead atoms. The van der Waals surface area contributed by atoms with Gasteiger partial charge in [-0.15, -0.1) is 0 Å². The van der Waals surface area contributed by atoms with Crippen LogP contribution in [0.4, 0.5) is 0 Å². The molecule has 1 rings (SSSR count). The van der Waals surface area contributed by atoms with Crippen molar-refractivity contribution in [2.45, 2.75) is 173 Å². The molecule has 0 aromatic heterocycles. The monoisotopic (exact) mass is 1200 g/mol. The first-order valence-corrected chi connectivity index (χ1v) is 28.4. The summed E-state index contributed by atoms with van der Waals surface area (Å²) in [5.74, 6) is -12.5. The molecule has 0 heterocycles. The zero-order valence-electron chi connectivity index (χ0n) is 49.2. The molecule has 0 fully saturated rings. The number of amides is 10. The Bertz CT molecular complexity index is 2380. The van der Waals surface area contributed by atoms with Crippen molar-refractivity contribution in [3.05, 3.63) is 35.9 Å². The van der Waals surface area contributed by atoms with Crippen LogP contribution in [0.2, 0.25) is 0 Å². The summed E-state index contributed by atoms with van der Waals surface area (Å²) in [5, 5.41) is 54.5. The molecule has 1 aromatic carbocycles. The lowest BCUT2D eigenvalue weighted by Crippen LogP contribution is -2.61. The smallest absolute Gasteiger partial charge is 0.326 e. The molecule has 85 heavy (non-hydrogen) atoms. The number of carbonyl (C=O) groups is 12. The van der Waals surface area contributed by atoms with E-state index in [2.05, 4.69) is 58.2 Å². The Hall–Kier alpha value is -8.03. The van der Waals surface area contributed by atoms with Gasteiger partial charge in [-0.3, -0.25) is 57.7 Å². The first-order chi connectivity index (χ1) is 40.1. The lowest BCUT2D eigenvalue weighted by atomic mass is 9.96. The van der Waals surface area contributed by atoms with Gasteiger partial charge >= 0.3 is 11.9 Å². The molecular formula is C54H92N16O15. The number of aliphatic carboxylic acids is 2. The third-order valence-corrected chi connectivity index (χ3v) is 13.2. The molecule has 0 saturated carbocycles. The van der Waals surface area contributed by atoms with Gasteiger partial charge in [0.25, 0.3) is 0 Å². The van der Waals surface area contributed by atoms with Crippen LogP contribution in [0, 0.1) is 11.8 Å². The number of hydrogen-bond acceptors (Lipinski definition) is 17. The van der Waals surface area contributed by atoms with E-state index in [1.165, 1.54) is 6.92 Å². The molecule has 31 heteroatoms. The summed E-state index contributed by atoms with van der Waals surface area (Å²) < 4.78 is 0. The topological polar surface area (TPSA) is 528 Å². The van der Waals surface area contributed by atoms with Crippen LogP contribution in [0.5, 0.6) is 0 Å². The first kappa shape index (κ1) is 75.0. The van der Waals surface area contributed by atoms with E-state index in [1.54, 1.807) is 52.0 Å². The van der Waals surface area contributed by atoms with Gasteiger partial charge in [0, 0.05) is 13.0 Å². The number of aliphatic hydroxyl groups is 1. The molecule has 0 unspecified atom stereocenters. The average Bonchev–Trinajstić information content (AvgIpc) is 3.66. The Morgan fingerprint density at radius 3 is 1.48 bits per heavy atom. The Morgan fingerprint density at radius 2 is 0.988 bits per heavy atom. The quantitative estimate of drug-likeness (QED) is 0.0165. The number of benzene rings is 1. The summed E-state index contributed by atoms with van der Waals surface area (Å²) in [6.07, 6.45) is -0.722. The summed E-state index contributed by atoms with van der Waals surface area (Å²) in [7, 11) is 0. The third kappa shape index (κ3) is 31.4. The third-order valence-electron chi connectivity index (χ3n) is 13.2. The van der Waals surface area contributed by atoms with E-state index in [1.807, 2.05) is 6.07 Å². The van der Waals surface area contributed by atoms with Crippen molar-refractivity contribution in [2.75, 3.05) is 39.3 Å². The molecule has 0 aliphatic rings. The summed E-state index contributed by atoms with van der Waals surface area (Å²) in [6.45, 7) is 6.66. The highest BCUT2D eigenvalue weighted by molar-refractivity contribution is 5.98. The van der Waals surface area contributed by atoms with E-state index in [-0.39, 0.29) is 76.5 Å². The second-order valence-corrected chi connectivity index (χ2v) is 20.9. The number of nitrogens with two attached hydrogens (primary N) is 5. The van der Waals surface area contributed by atoms with E-state index >= 15 is 0 Å². The minimum absolute atomic E-state index is 0.0250. The summed E-state index contributed by atoms with van der Waals surface area (Å²) in [4.78, 5) is 162.